The molecule has 1 aliphatic rings. The fourth-order valence-corrected chi connectivity index (χ4v) is 4.68. The summed E-state index contributed by atoms with van der Waals surface area (Å²) in [5.41, 5.74) is 1.27. The van der Waals surface area contributed by atoms with E-state index in [9.17, 15) is 18.5 Å². The molecule has 1 heterocycles. The van der Waals surface area contributed by atoms with E-state index >= 15 is 0 Å². The molecule has 0 aliphatic carbocycles. The number of nitrogens with zero attached hydrogens (tertiary/aromatic N) is 2. The Morgan fingerprint density at radius 1 is 1.17 bits per heavy atom. The predicted molar refractivity (Wildman–Crippen MR) is 111 cm³/mol. The van der Waals surface area contributed by atoms with E-state index in [0.29, 0.717) is 18.9 Å². The smallest absolute Gasteiger partial charge is 0.293 e. The van der Waals surface area contributed by atoms with Crippen LogP contribution in [0.4, 0.5) is 11.4 Å². The number of nitro groups is 1. The number of benzene rings is 2. The van der Waals surface area contributed by atoms with Gasteiger partial charge in [0.25, 0.3) is 5.69 Å². The number of morpholine rings is 1. The summed E-state index contributed by atoms with van der Waals surface area (Å²) >= 11 is 0. The number of nitro benzene ring substituents is 1. The number of ether oxygens (including phenoxy) is 1. The maximum atomic E-state index is 12.8. The quantitative estimate of drug-likeness (QED) is 0.521. The molecular weight excluding hydrogens is 394 g/mol. The third-order valence-corrected chi connectivity index (χ3v) is 6.78. The lowest BCUT2D eigenvalue weighted by Crippen LogP contribution is -2.40. The highest BCUT2D eigenvalue weighted by atomic mass is 32.2. The van der Waals surface area contributed by atoms with Crippen LogP contribution in [-0.4, -0.2) is 50.0 Å². The van der Waals surface area contributed by atoms with Gasteiger partial charge in [0.1, 0.15) is 5.69 Å². The molecule has 3 rings (SSSR count). The summed E-state index contributed by atoms with van der Waals surface area (Å²) in [5.74, 6) is 0. The summed E-state index contributed by atoms with van der Waals surface area (Å²) < 4.78 is 32.0. The Kier molecular flexibility index (Phi) is 6.83. The highest BCUT2D eigenvalue weighted by molar-refractivity contribution is 7.89. The lowest BCUT2D eigenvalue weighted by molar-refractivity contribution is -0.384. The summed E-state index contributed by atoms with van der Waals surface area (Å²) in [6, 6.07) is 14.0. The summed E-state index contributed by atoms with van der Waals surface area (Å²) in [5, 5.41) is 14.7. The van der Waals surface area contributed by atoms with Crippen LogP contribution in [0, 0.1) is 10.1 Å². The minimum Gasteiger partial charge on any atom is -0.379 e. The first-order valence-electron chi connectivity index (χ1n) is 9.55. The standard InChI is InChI=1S/C20H25N3O5S/c1-16(7-8-17-5-3-2-4-6-17)21-19-10-9-18(15-20(19)23(24)25)29(26,27)22-11-13-28-14-12-22/h2-6,9-10,15-16,21H,7-8,11-14H2,1H3. The molecule has 0 spiro atoms. The fourth-order valence-electron chi connectivity index (χ4n) is 3.25. The van der Waals surface area contributed by atoms with E-state index in [4.69, 9.17) is 4.74 Å². The van der Waals surface area contributed by atoms with Crippen molar-refractivity contribution in [3.05, 3.63) is 64.2 Å². The van der Waals surface area contributed by atoms with Crippen LogP contribution in [0.2, 0.25) is 0 Å². The lowest BCUT2D eigenvalue weighted by atomic mass is 10.1. The fraction of sp³-hybridized carbons (Fsp3) is 0.400. The molecule has 0 saturated carbocycles. The molecule has 1 unspecified atom stereocenters. The Hall–Kier alpha value is -2.49. The number of hydrogen-bond acceptors (Lipinski definition) is 6. The van der Waals surface area contributed by atoms with Gasteiger partial charge >= 0.3 is 0 Å². The number of sulfonamides is 1. The highest BCUT2D eigenvalue weighted by Gasteiger charge is 2.29. The number of nitrogens with one attached hydrogen (secondary N) is 1. The zero-order valence-corrected chi connectivity index (χ0v) is 17.1. The molecule has 0 aromatic heterocycles. The Balaban J connectivity index is 1.74. The summed E-state index contributed by atoms with van der Waals surface area (Å²) in [6.45, 7) is 3.07. The van der Waals surface area contributed by atoms with Gasteiger partial charge in [0.05, 0.1) is 23.0 Å². The maximum absolute atomic E-state index is 12.8. The minimum atomic E-state index is -3.79. The van der Waals surface area contributed by atoms with Crippen LogP contribution in [0.15, 0.2) is 53.4 Å². The molecule has 2 aromatic carbocycles. The largest absolute Gasteiger partial charge is 0.379 e. The number of hydrogen-bond donors (Lipinski definition) is 1. The molecule has 9 heteroatoms. The van der Waals surface area contributed by atoms with Gasteiger partial charge in [0.2, 0.25) is 10.0 Å². The molecule has 29 heavy (non-hydrogen) atoms. The second-order valence-corrected chi connectivity index (χ2v) is 8.96. The van der Waals surface area contributed by atoms with Crippen LogP contribution in [0.1, 0.15) is 18.9 Å². The van der Waals surface area contributed by atoms with Crippen molar-refractivity contribution in [1.82, 2.24) is 4.31 Å². The Morgan fingerprint density at radius 3 is 2.52 bits per heavy atom. The summed E-state index contributed by atoms with van der Waals surface area (Å²) in [7, 11) is -3.79. The van der Waals surface area contributed by atoms with Gasteiger partial charge in [-0.3, -0.25) is 10.1 Å². The van der Waals surface area contributed by atoms with E-state index < -0.39 is 14.9 Å². The molecule has 0 radical (unpaired) electrons. The van der Waals surface area contributed by atoms with Crippen molar-refractivity contribution in [3.8, 4) is 0 Å². The Bertz CT molecular complexity index is 944. The normalized spacial score (nSPS) is 16.3. The van der Waals surface area contributed by atoms with Gasteiger partial charge in [-0.15, -0.1) is 0 Å². The van der Waals surface area contributed by atoms with E-state index in [-0.39, 0.29) is 29.7 Å². The van der Waals surface area contributed by atoms with Gasteiger partial charge in [-0.05, 0) is 37.5 Å². The molecule has 1 fully saturated rings. The molecule has 1 atom stereocenters. The van der Waals surface area contributed by atoms with E-state index in [1.165, 1.54) is 22.0 Å². The van der Waals surface area contributed by atoms with Crippen LogP contribution < -0.4 is 5.32 Å². The van der Waals surface area contributed by atoms with Gasteiger partial charge in [-0.25, -0.2) is 8.42 Å². The average Bonchev–Trinajstić information content (AvgIpc) is 2.73. The van der Waals surface area contributed by atoms with Crippen molar-refractivity contribution in [3.63, 3.8) is 0 Å². The van der Waals surface area contributed by atoms with Gasteiger partial charge in [-0.1, -0.05) is 30.3 Å². The second kappa shape index (κ2) is 9.34. The molecule has 8 nitrogen and oxygen atoms in total. The number of anilines is 1. The molecule has 156 valence electrons. The Morgan fingerprint density at radius 2 is 1.86 bits per heavy atom. The highest BCUT2D eigenvalue weighted by Crippen LogP contribution is 2.30. The first-order chi connectivity index (χ1) is 13.9. The van der Waals surface area contributed by atoms with Crippen LogP contribution in [0.3, 0.4) is 0 Å². The molecule has 0 amide bonds. The van der Waals surface area contributed by atoms with Crippen molar-refractivity contribution in [2.24, 2.45) is 0 Å². The van der Waals surface area contributed by atoms with Crippen LogP contribution in [0.25, 0.3) is 0 Å². The SMILES string of the molecule is CC(CCc1ccccc1)Nc1ccc(S(=O)(=O)N2CCOCC2)cc1[N+](=O)[O-]. The van der Waals surface area contributed by atoms with Crippen LogP contribution in [0.5, 0.6) is 0 Å². The van der Waals surface area contributed by atoms with Crippen LogP contribution in [-0.2, 0) is 21.2 Å². The van der Waals surface area contributed by atoms with Crippen molar-refractivity contribution in [1.29, 1.82) is 0 Å². The van der Waals surface area contributed by atoms with Crippen molar-refractivity contribution in [2.75, 3.05) is 31.6 Å². The third kappa shape index (κ3) is 5.31. The monoisotopic (exact) mass is 419 g/mol. The third-order valence-electron chi connectivity index (χ3n) is 4.88. The number of rotatable bonds is 8. The maximum Gasteiger partial charge on any atom is 0.293 e. The topological polar surface area (TPSA) is 102 Å². The Labute approximate surface area is 170 Å². The molecule has 1 aliphatic heterocycles. The molecule has 0 bridgehead atoms. The van der Waals surface area contributed by atoms with E-state index in [2.05, 4.69) is 5.32 Å². The summed E-state index contributed by atoms with van der Waals surface area (Å²) in [6.07, 6.45) is 1.63. The van der Waals surface area contributed by atoms with Crippen molar-refractivity contribution in [2.45, 2.75) is 30.7 Å². The van der Waals surface area contributed by atoms with E-state index in [1.807, 2.05) is 37.3 Å². The van der Waals surface area contributed by atoms with Gasteiger partial charge in [-0.2, -0.15) is 4.31 Å². The molecular formula is C20H25N3O5S. The summed E-state index contributed by atoms with van der Waals surface area (Å²) in [4.78, 5) is 10.9. The van der Waals surface area contributed by atoms with E-state index in [0.717, 1.165) is 18.9 Å². The zero-order chi connectivity index (χ0) is 20.9. The average molecular weight is 420 g/mol. The molecule has 1 saturated heterocycles. The molecule has 1 N–H and O–H groups in total. The van der Waals surface area contributed by atoms with Gasteiger partial charge in [0, 0.05) is 25.2 Å². The van der Waals surface area contributed by atoms with Crippen molar-refractivity contribution >= 4 is 21.4 Å². The van der Waals surface area contributed by atoms with Crippen molar-refractivity contribution < 1.29 is 18.1 Å². The zero-order valence-electron chi connectivity index (χ0n) is 16.3. The molecule has 2 aromatic rings. The first-order valence-corrected chi connectivity index (χ1v) is 11.0. The minimum absolute atomic E-state index is 0.0180. The van der Waals surface area contributed by atoms with Gasteiger partial charge in [0.15, 0.2) is 0 Å². The van der Waals surface area contributed by atoms with Gasteiger partial charge < -0.3 is 10.1 Å². The second-order valence-electron chi connectivity index (χ2n) is 7.02. The van der Waals surface area contributed by atoms with Crippen LogP contribution >= 0.6 is 0 Å². The lowest BCUT2D eigenvalue weighted by Gasteiger charge is -2.26. The predicted octanol–water partition coefficient (Wildman–Crippen LogP) is 3.05. The first kappa shape index (κ1) is 21.2. The number of aryl methyl sites for hydroxylation is 1. The van der Waals surface area contributed by atoms with E-state index in [1.54, 1.807) is 0 Å².